The first kappa shape index (κ1) is 19.5. The van der Waals surface area contributed by atoms with Crippen molar-refractivity contribution < 1.29 is 14.3 Å². The third-order valence-corrected chi connectivity index (χ3v) is 5.62. The molecule has 26 heavy (non-hydrogen) atoms. The van der Waals surface area contributed by atoms with Gasteiger partial charge in [-0.15, -0.1) is 11.3 Å². The highest BCUT2D eigenvalue weighted by atomic mass is 35.5. The van der Waals surface area contributed by atoms with Gasteiger partial charge < -0.3 is 14.8 Å². The number of hydrogen-bond acceptors (Lipinski definition) is 5. The predicted octanol–water partition coefficient (Wildman–Crippen LogP) is 3.62. The van der Waals surface area contributed by atoms with Crippen molar-refractivity contribution in [2.24, 2.45) is 0 Å². The van der Waals surface area contributed by atoms with E-state index in [4.69, 9.17) is 32.7 Å². The molecule has 1 aliphatic heterocycles. The largest absolute Gasteiger partial charge is 0.482 e. The maximum absolute atomic E-state index is 12.2. The van der Waals surface area contributed by atoms with Crippen molar-refractivity contribution in [3.8, 4) is 5.75 Å². The van der Waals surface area contributed by atoms with E-state index in [1.165, 1.54) is 4.88 Å². The van der Waals surface area contributed by atoms with Crippen LogP contribution in [0.1, 0.15) is 10.9 Å². The van der Waals surface area contributed by atoms with Crippen molar-refractivity contribution in [3.05, 3.63) is 50.6 Å². The van der Waals surface area contributed by atoms with Crippen LogP contribution in [0.3, 0.4) is 0 Å². The topological polar surface area (TPSA) is 50.8 Å². The summed E-state index contributed by atoms with van der Waals surface area (Å²) in [5.74, 6) is 0.202. The predicted molar refractivity (Wildman–Crippen MR) is 104 cm³/mol. The Labute approximate surface area is 166 Å². The zero-order valence-corrected chi connectivity index (χ0v) is 16.4. The van der Waals surface area contributed by atoms with Gasteiger partial charge in [0.05, 0.1) is 24.3 Å². The summed E-state index contributed by atoms with van der Waals surface area (Å²) in [6, 6.07) is 9.17. The number of thiophene rings is 1. The van der Waals surface area contributed by atoms with Crippen LogP contribution in [0.2, 0.25) is 10.0 Å². The van der Waals surface area contributed by atoms with Crippen LogP contribution in [0.5, 0.6) is 5.75 Å². The van der Waals surface area contributed by atoms with Gasteiger partial charge in [0, 0.05) is 35.6 Å². The molecule has 1 fully saturated rings. The molecular weight excluding hydrogens is 395 g/mol. The summed E-state index contributed by atoms with van der Waals surface area (Å²) in [6.45, 7) is 3.55. The Balaban J connectivity index is 1.54. The minimum Gasteiger partial charge on any atom is -0.482 e. The molecular formula is C18H20Cl2N2O3S. The van der Waals surface area contributed by atoms with Crippen molar-refractivity contribution >= 4 is 40.4 Å². The van der Waals surface area contributed by atoms with Crippen molar-refractivity contribution in [3.63, 3.8) is 0 Å². The molecule has 8 heteroatoms. The second-order valence-corrected chi connectivity index (χ2v) is 7.67. The number of carbonyl (C=O) groups is 1. The number of ether oxygens (including phenoxy) is 2. The lowest BCUT2D eigenvalue weighted by Crippen LogP contribution is -2.44. The lowest BCUT2D eigenvalue weighted by atomic mass is 10.2. The molecule has 0 aliphatic carbocycles. The molecule has 1 aromatic heterocycles. The van der Waals surface area contributed by atoms with E-state index in [1.54, 1.807) is 29.5 Å². The van der Waals surface area contributed by atoms with Crippen LogP contribution >= 0.6 is 34.5 Å². The standard InChI is InChI=1S/C18H20Cl2N2O3S/c19-13-3-4-14(20)16(10-13)25-12-18(23)21-11-15(17-2-1-9-26-17)22-5-7-24-8-6-22/h1-4,9-10,15H,5-8,11-12H2,(H,21,23)/t15-/m1/s1. The molecule has 1 aliphatic rings. The number of hydrogen-bond donors (Lipinski definition) is 1. The average Bonchev–Trinajstić information content (AvgIpc) is 3.18. The molecule has 1 atom stereocenters. The molecule has 0 spiro atoms. The number of benzene rings is 1. The van der Waals surface area contributed by atoms with Gasteiger partial charge in [-0.3, -0.25) is 9.69 Å². The Morgan fingerprint density at radius 1 is 1.31 bits per heavy atom. The van der Waals surface area contributed by atoms with Crippen molar-refractivity contribution in [2.75, 3.05) is 39.5 Å². The molecule has 3 rings (SSSR count). The highest BCUT2D eigenvalue weighted by Crippen LogP contribution is 2.28. The van der Waals surface area contributed by atoms with Gasteiger partial charge in [0.2, 0.25) is 0 Å². The van der Waals surface area contributed by atoms with Gasteiger partial charge in [0.15, 0.2) is 6.61 Å². The summed E-state index contributed by atoms with van der Waals surface area (Å²) < 4.78 is 10.9. The monoisotopic (exact) mass is 414 g/mol. The molecule has 0 radical (unpaired) electrons. The number of amides is 1. The van der Waals surface area contributed by atoms with E-state index in [-0.39, 0.29) is 18.6 Å². The number of rotatable bonds is 7. The van der Waals surface area contributed by atoms with Crippen molar-refractivity contribution in [1.29, 1.82) is 0 Å². The van der Waals surface area contributed by atoms with Crippen LogP contribution in [0.25, 0.3) is 0 Å². The lowest BCUT2D eigenvalue weighted by molar-refractivity contribution is -0.123. The molecule has 2 aromatic rings. The van der Waals surface area contributed by atoms with Gasteiger partial charge in [-0.25, -0.2) is 0 Å². The molecule has 140 valence electrons. The third-order valence-electron chi connectivity index (χ3n) is 4.10. The maximum atomic E-state index is 12.2. The highest BCUT2D eigenvalue weighted by Gasteiger charge is 2.24. The number of morpholine rings is 1. The quantitative estimate of drug-likeness (QED) is 0.751. The first-order valence-corrected chi connectivity index (χ1v) is 9.97. The molecule has 0 bridgehead atoms. The zero-order valence-electron chi connectivity index (χ0n) is 14.1. The Bertz CT molecular complexity index is 721. The smallest absolute Gasteiger partial charge is 0.258 e. The fourth-order valence-electron chi connectivity index (χ4n) is 2.77. The molecule has 0 unspecified atom stereocenters. The summed E-state index contributed by atoms with van der Waals surface area (Å²) in [6.07, 6.45) is 0. The van der Waals surface area contributed by atoms with Crippen LogP contribution < -0.4 is 10.1 Å². The first-order valence-electron chi connectivity index (χ1n) is 8.33. The zero-order chi connectivity index (χ0) is 18.4. The molecule has 2 heterocycles. The molecule has 5 nitrogen and oxygen atoms in total. The maximum Gasteiger partial charge on any atom is 0.258 e. The SMILES string of the molecule is O=C(COc1cc(Cl)ccc1Cl)NC[C@H](c1cccs1)N1CCOCC1. The minimum absolute atomic E-state index is 0.111. The molecule has 0 saturated carbocycles. The van der Waals surface area contributed by atoms with Gasteiger partial charge in [0.1, 0.15) is 5.75 Å². The van der Waals surface area contributed by atoms with Crippen molar-refractivity contribution in [2.45, 2.75) is 6.04 Å². The normalized spacial score (nSPS) is 16.2. The van der Waals surface area contributed by atoms with Gasteiger partial charge in [-0.1, -0.05) is 29.3 Å². The van der Waals surface area contributed by atoms with Crippen LogP contribution in [0.15, 0.2) is 35.7 Å². The number of nitrogens with zero attached hydrogens (tertiary/aromatic N) is 1. The van der Waals surface area contributed by atoms with Crippen LogP contribution in [0, 0.1) is 0 Å². The second-order valence-electron chi connectivity index (χ2n) is 5.85. The number of nitrogens with one attached hydrogen (secondary N) is 1. The van der Waals surface area contributed by atoms with E-state index in [0.29, 0.717) is 35.6 Å². The molecule has 1 amide bonds. The fourth-order valence-corrected chi connectivity index (χ4v) is 3.97. The van der Waals surface area contributed by atoms with Crippen LogP contribution in [0.4, 0.5) is 0 Å². The summed E-state index contributed by atoms with van der Waals surface area (Å²) >= 11 is 13.7. The van der Waals surface area contributed by atoms with Gasteiger partial charge in [-0.2, -0.15) is 0 Å². The second kappa shape index (κ2) is 9.58. The van der Waals surface area contributed by atoms with E-state index in [9.17, 15) is 4.79 Å². The summed E-state index contributed by atoms with van der Waals surface area (Å²) in [7, 11) is 0. The molecule has 1 aromatic carbocycles. The Kier molecular flexibility index (Phi) is 7.16. The van der Waals surface area contributed by atoms with Crippen LogP contribution in [-0.2, 0) is 9.53 Å². The van der Waals surface area contributed by atoms with E-state index >= 15 is 0 Å². The van der Waals surface area contributed by atoms with E-state index in [0.717, 1.165) is 13.1 Å². The average molecular weight is 415 g/mol. The third kappa shape index (κ3) is 5.34. The van der Waals surface area contributed by atoms with Gasteiger partial charge in [-0.05, 0) is 23.6 Å². The summed E-state index contributed by atoms with van der Waals surface area (Å²) in [4.78, 5) is 15.8. The lowest BCUT2D eigenvalue weighted by Gasteiger charge is -2.34. The Hall–Kier alpha value is -1.31. The van der Waals surface area contributed by atoms with Crippen LogP contribution in [-0.4, -0.2) is 50.3 Å². The highest BCUT2D eigenvalue weighted by molar-refractivity contribution is 7.10. The Morgan fingerprint density at radius 3 is 2.85 bits per heavy atom. The number of halogens is 2. The number of carbonyl (C=O) groups excluding carboxylic acids is 1. The van der Waals surface area contributed by atoms with Crippen molar-refractivity contribution in [1.82, 2.24) is 10.2 Å². The van der Waals surface area contributed by atoms with Gasteiger partial charge in [0.25, 0.3) is 5.91 Å². The molecule has 1 saturated heterocycles. The first-order chi connectivity index (χ1) is 12.6. The summed E-state index contributed by atoms with van der Waals surface area (Å²) in [5.41, 5.74) is 0. The summed E-state index contributed by atoms with van der Waals surface area (Å²) in [5, 5.41) is 5.94. The minimum atomic E-state index is -0.198. The van der Waals surface area contributed by atoms with E-state index in [2.05, 4.69) is 21.7 Å². The fraction of sp³-hybridized carbons (Fsp3) is 0.389. The Morgan fingerprint density at radius 2 is 2.12 bits per heavy atom. The molecule has 1 N–H and O–H groups in total. The van der Waals surface area contributed by atoms with E-state index in [1.807, 2.05) is 6.07 Å². The van der Waals surface area contributed by atoms with Gasteiger partial charge >= 0.3 is 0 Å². The van der Waals surface area contributed by atoms with E-state index < -0.39 is 0 Å².